The molecule has 1 unspecified atom stereocenters. The van der Waals surface area contributed by atoms with Gasteiger partial charge < -0.3 is 24.4 Å². The van der Waals surface area contributed by atoms with Crippen LogP contribution in [0.1, 0.15) is 111 Å². The van der Waals surface area contributed by atoms with Crippen molar-refractivity contribution in [2.45, 2.75) is 135 Å². The Balaban J connectivity index is 1.81. The fourth-order valence-corrected chi connectivity index (χ4v) is 5.38. The van der Waals surface area contributed by atoms with Crippen LogP contribution < -0.4 is 0 Å². The highest BCUT2D eigenvalue weighted by atomic mass is 16.7. The number of esters is 1. The molecule has 0 amide bonds. The molecule has 1 heterocycles. The number of aliphatic hydroxyl groups is 2. The van der Waals surface area contributed by atoms with Crippen LogP contribution in [0.3, 0.4) is 0 Å². The van der Waals surface area contributed by atoms with Gasteiger partial charge in [-0.3, -0.25) is 4.79 Å². The van der Waals surface area contributed by atoms with E-state index in [-0.39, 0.29) is 23.9 Å². The van der Waals surface area contributed by atoms with E-state index in [0.29, 0.717) is 12.8 Å². The molecule has 0 bridgehead atoms. The second kappa shape index (κ2) is 15.9. The van der Waals surface area contributed by atoms with E-state index in [4.69, 9.17) is 14.2 Å². The number of rotatable bonds is 16. The third kappa shape index (κ3) is 10.3. The van der Waals surface area contributed by atoms with Crippen LogP contribution in [-0.4, -0.2) is 53.5 Å². The third-order valence-electron chi connectivity index (χ3n) is 7.25. The van der Waals surface area contributed by atoms with Gasteiger partial charge in [0.05, 0.1) is 31.5 Å². The van der Waals surface area contributed by atoms with E-state index in [9.17, 15) is 15.0 Å². The molecule has 0 radical (unpaired) electrons. The monoisotopic (exact) mass is 482 g/mol. The number of allylic oxidation sites excluding steroid dienone is 2. The molecule has 6 heteroatoms. The molecular weight excluding hydrogens is 432 g/mol. The number of carbonyl (C=O) groups excluding carboxylic acids is 1. The van der Waals surface area contributed by atoms with Gasteiger partial charge in [-0.05, 0) is 70.6 Å². The number of hydrogen-bond acceptors (Lipinski definition) is 6. The van der Waals surface area contributed by atoms with Gasteiger partial charge in [0.2, 0.25) is 0 Å². The van der Waals surface area contributed by atoms with Crippen molar-refractivity contribution in [2.75, 3.05) is 13.2 Å². The topological polar surface area (TPSA) is 85.2 Å². The van der Waals surface area contributed by atoms with E-state index in [1.165, 1.54) is 25.7 Å². The van der Waals surface area contributed by atoms with Gasteiger partial charge in [-0.2, -0.15) is 0 Å². The highest BCUT2D eigenvalue weighted by Gasteiger charge is 2.43. The maximum Gasteiger partial charge on any atom is 0.306 e. The summed E-state index contributed by atoms with van der Waals surface area (Å²) in [5.74, 6) is -0.582. The first-order valence-corrected chi connectivity index (χ1v) is 13.9. The molecule has 1 aliphatic carbocycles. The second-order valence-corrected chi connectivity index (χ2v) is 10.5. The minimum absolute atomic E-state index is 0.0438. The Morgan fingerprint density at radius 2 is 1.71 bits per heavy atom. The molecule has 2 N–H and O–H groups in total. The van der Waals surface area contributed by atoms with Gasteiger partial charge in [-0.15, -0.1) is 0 Å². The van der Waals surface area contributed by atoms with Crippen molar-refractivity contribution in [3.8, 4) is 0 Å². The number of ether oxygens (including phenoxy) is 3. The van der Waals surface area contributed by atoms with Crippen LogP contribution in [-0.2, 0) is 19.0 Å². The van der Waals surface area contributed by atoms with Crippen LogP contribution in [0.25, 0.3) is 0 Å². The number of unbranched alkanes of at least 4 members (excludes halogenated alkanes) is 5. The average Bonchev–Trinajstić information content (AvgIpc) is 3.07. The van der Waals surface area contributed by atoms with Crippen molar-refractivity contribution >= 4 is 5.97 Å². The summed E-state index contributed by atoms with van der Waals surface area (Å²) in [6, 6.07) is 0. The van der Waals surface area contributed by atoms with E-state index in [1.807, 2.05) is 13.8 Å². The first-order valence-electron chi connectivity index (χ1n) is 13.9. The number of carbonyl (C=O) groups is 1. The predicted octanol–water partition coefficient (Wildman–Crippen LogP) is 5.69. The SMILES string of the molecule is CCCCCCCC1(CC[C@H]2[C@H](O)CC(O)[C@@H]2CC=CCCCC(=O)OC(C)C)OCCCO1. The standard InChI is InChI=1S/C28H50O6/c1-4-5-6-9-12-17-28(32-19-13-20-33-28)18-16-24-23(25(29)21-26(24)30)14-10-7-8-11-15-27(31)34-22(2)3/h7,10,22-26,29-30H,4-6,8-9,11-21H2,1-3H3/t23-,24-,25?,26-/m1/s1. The van der Waals surface area contributed by atoms with Crippen LogP contribution in [0.15, 0.2) is 12.2 Å². The van der Waals surface area contributed by atoms with Crippen LogP contribution in [0.5, 0.6) is 0 Å². The predicted molar refractivity (Wildman–Crippen MR) is 134 cm³/mol. The zero-order valence-corrected chi connectivity index (χ0v) is 21.9. The summed E-state index contributed by atoms with van der Waals surface area (Å²) < 4.78 is 17.5. The number of hydrogen-bond donors (Lipinski definition) is 2. The zero-order chi connectivity index (χ0) is 24.8. The number of aliphatic hydroxyl groups excluding tert-OH is 2. The minimum Gasteiger partial charge on any atom is -0.463 e. The molecule has 2 aliphatic rings. The minimum atomic E-state index is -0.525. The molecule has 4 atom stereocenters. The smallest absolute Gasteiger partial charge is 0.306 e. The molecular formula is C28H50O6. The molecule has 34 heavy (non-hydrogen) atoms. The maximum absolute atomic E-state index is 11.6. The summed E-state index contributed by atoms with van der Waals surface area (Å²) in [5, 5.41) is 21.3. The molecule has 1 saturated heterocycles. The molecule has 2 fully saturated rings. The Morgan fingerprint density at radius 3 is 2.41 bits per heavy atom. The van der Waals surface area contributed by atoms with Crippen LogP contribution in [0, 0.1) is 11.8 Å². The summed E-state index contributed by atoms with van der Waals surface area (Å²) in [7, 11) is 0. The van der Waals surface area contributed by atoms with Crippen molar-refractivity contribution in [1.29, 1.82) is 0 Å². The van der Waals surface area contributed by atoms with E-state index >= 15 is 0 Å². The fourth-order valence-electron chi connectivity index (χ4n) is 5.38. The van der Waals surface area contributed by atoms with Gasteiger partial charge in [0, 0.05) is 19.3 Å². The Labute approximate surface area is 207 Å². The Morgan fingerprint density at radius 1 is 1.00 bits per heavy atom. The van der Waals surface area contributed by atoms with Gasteiger partial charge >= 0.3 is 5.97 Å². The molecule has 1 saturated carbocycles. The van der Waals surface area contributed by atoms with Gasteiger partial charge in [-0.1, -0.05) is 44.8 Å². The lowest BCUT2D eigenvalue weighted by atomic mass is 9.84. The van der Waals surface area contributed by atoms with Crippen LogP contribution >= 0.6 is 0 Å². The van der Waals surface area contributed by atoms with Gasteiger partial charge in [0.25, 0.3) is 0 Å². The maximum atomic E-state index is 11.6. The molecule has 0 aromatic rings. The molecule has 2 rings (SSSR count). The Kier molecular flexibility index (Phi) is 13.7. The van der Waals surface area contributed by atoms with Crippen molar-refractivity contribution < 1.29 is 29.2 Å². The van der Waals surface area contributed by atoms with E-state index < -0.39 is 18.0 Å². The first-order chi connectivity index (χ1) is 16.4. The summed E-state index contributed by atoms with van der Waals surface area (Å²) >= 11 is 0. The van der Waals surface area contributed by atoms with Crippen molar-refractivity contribution in [3.05, 3.63) is 12.2 Å². The quantitative estimate of drug-likeness (QED) is 0.167. The molecule has 1 aliphatic heterocycles. The normalized spacial score (nSPS) is 27.0. The van der Waals surface area contributed by atoms with Crippen LogP contribution in [0.2, 0.25) is 0 Å². The van der Waals surface area contributed by atoms with Gasteiger partial charge in [0.1, 0.15) is 0 Å². The van der Waals surface area contributed by atoms with Gasteiger partial charge in [0.15, 0.2) is 5.79 Å². The van der Waals surface area contributed by atoms with E-state index in [1.54, 1.807) is 0 Å². The summed E-state index contributed by atoms with van der Waals surface area (Å²) in [5.41, 5.74) is 0. The van der Waals surface area contributed by atoms with E-state index in [0.717, 1.165) is 64.6 Å². The largest absolute Gasteiger partial charge is 0.463 e. The molecule has 0 spiro atoms. The summed E-state index contributed by atoms with van der Waals surface area (Å²) in [6.07, 6.45) is 15.8. The Hall–Kier alpha value is -0.950. The fraction of sp³-hybridized carbons (Fsp3) is 0.893. The summed E-state index contributed by atoms with van der Waals surface area (Å²) in [4.78, 5) is 11.6. The third-order valence-corrected chi connectivity index (χ3v) is 7.25. The van der Waals surface area contributed by atoms with Crippen LogP contribution in [0.4, 0.5) is 0 Å². The molecule has 198 valence electrons. The highest BCUT2D eigenvalue weighted by molar-refractivity contribution is 5.69. The lowest BCUT2D eigenvalue weighted by molar-refractivity contribution is -0.276. The molecule has 0 aromatic heterocycles. The molecule has 0 aromatic carbocycles. The van der Waals surface area contributed by atoms with Crippen molar-refractivity contribution in [3.63, 3.8) is 0 Å². The Bertz CT molecular complexity index is 583. The van der Waals surface area contributed by atoms with E-state index in [2.05, 4.69) is 19.1 Å². The lowest BCUT2D eigenvalue weighted by Gasteiger charge is -2.39. The molecule has 6 nitrogen and oxygen atoms in total. The second-order valence-electron chi connectivity index (χ2n) is 10.5. The van der Waals surface area contributed by atoms with Crippen molar-refractivity contribution in [2.24, 2.45) is 11.8 Å². The van der Waals surface area contributed by atoms with Crippen molar-refractivity contribution in [1.82, 2.24) is 0 Å². The summed E-state index contributed by atoms with van der Waals surface area (Å²) in [6.45, 7) is 7.42. The first kappa shape index (κ1) is 29.3. The average molecular weight is 483 g/mol. The zero-order valence-electron chi connectivity index (χ0n) is 21.9. The lowest BCUT2D eigenvalue weighted by Crippen LogP contribution is -2.41. The van der Waals surface area contributed by atoms with Gasteiger partial charge in [-0.25, -0.2) is 0 Å². The highest BCUT2D eigenvalue weighted by Crippen LogP contribution is 2.41.